The Balaban J connectivity index is 1.65. The van der Waals surface area contributed by atoms with Crippen LogP contribution >= 0.6 is 35.0 Å². The van der Waals surface area contributed by atoms with Gasteiger partial charge in [0.25, 0.3) is 5.69 Å². The molecule has 0 atom stereocenters. The van der Waals surface area contributed by atoms with Crippen LogP contribution in [0, 0.1) is 17.0 Å². The normalized spacial score (nSPS) is 10.6. The van der Waals surface area contributed by atoms with Gasteiger partial charge in [0.1, 0.15) is 17.4 Å². The van der Waals surface area contributed by atoms with Gasteiger partial charge in [-0.05, 0) is 36.8 Å². The molecule has 3 rings (SSSR count). The van der Waals surface area contributed by atoms with Crippen LogP contribution in [-0.4, -0.2) is 31.3 Å². The highest BCUT2D eigenvalue weighted by atomic mass is 35.5. The average Bonchev–Trinajstić information content (AvgIpc) is 3.16. The van der Waals surface area contributed by atoms with Crippen molar-refractivity contribution in [3.05, 3.63) is 80.6 Å². The number of nitrogens with zero attached hydrogens (tertiary/aromatic N) is 4. The van der Waals surface area contributed by atoms with Crippen molar-refractivity contribution < 1.29 is 14.5 Å². The molecule has 0 saturated carbocycles. The molecule has 0 bridgehead atoms. The number of nitro benzene ring substituents is 1. The third-order valence-corrected chi connectivity index (χ3v) is 5.91. The maximum absolute atomic E-state index is 12.4. The summed E-state index contributed by atoms with van der Waals surface area (Å²) in [4.78, 5) is 22.8. The molecular weight excluding hydrogens is 489 g/mol. The van der Waals surface area contributed by atoms with Crippen molar-refractivity contribution >= 4 is 52.2 Å². The van der Waals surface area contributed by atoms with Gasteiger partial charge in [-0.3, -0.25) is 19.5 Å². The second-order valence-electron chi connectivity index (χ2n) is 6.78. The number of anilines is 1. The molecular formula is C21H19Cl2N5O4S. The molecule has 0 unspecified atom stereocenters. The number of carbonyl (C=O) groups excluding carboxylic acids is 1. The number of thioether (sulfide) groups is 1. The first-order chi connectivity index (χ1) is 15.8. The van der Waals surface area contributed by atoms with E-state index < -0.39 is 4.92 Å². The van der Waals surface area contributed by atoms with Crippen molar-refractivity contribution in [3.63, 3.8) is 0 Å². The van der Waals surface area contributed by atoms with Crippen LogP contribution in [0.25, 0.3) is 0 Å². The van der Waals surface area contributed by atoms with Gasteiger partial charge >= 0.3 is 0 Å². The molecule has 1 amide bonds. The van der Waals surface area contributed by atoms with E-state index in [2.05, 4.69) is 22.1 Å². The van der Waals surface area contributed by atoms with Crippen LogP contribution in [-0.2, 0) is 17.9 Å². The van der Waals surface area contributed by atoms with Gasteiger partial charge in [0.05, 0.1) is 15.7 Å². The summed E-state index contributed by atoms with van der Waals surface area (Å²) in [5, 5.41) is 22.9. The molecule has 1 heterocycles. The van der Waals surface area contributed by atoms with E-state index in [1.807, 2.05) is 19.1 Å². The maximum Gasteiger partial charge on any atom is 0.289 e. The van der Waals surface area contributed by atoms with E-state index in [0.29, 0.717) is 28.3 Å². The number of carbonyl (C=O) groups is 1. The fourth-order valence-electron chi connectivity index (χ4n) is 2.77. The maximum atomic E-state index is 12.4. The molecule has 172 valence electrons. The Morgan fingerprint density at radius 3 is 2.76 bits per heavy atom. The number of rotatable bonds is 10. The highest BCUT2D eigenvalue weighted by molar-refractivity contribution is 7.99. The molecule has 0 radical (unpaired) electrons. The number of amides is 1. The molecule has 0 aliphatic rings. The van der Waals surface area contributed by atoms with Crippen molar-refractivity contribution in [2.45, 2.75) is 25.2 Å². The Morgan fingerprint density at radius 1 is 1.27 bits per heavy atom. The number of benzene rings is 2. The molecule has 3 aromatic rings. The Morgan fingerprint density at radius 2 is 2.03 bits per heavy atom. The summed E-state index contributed by atoms with van der Waals surface area (Å²) < 4.78 is 7.58. The van der Waals surface area contributed by atoms with Gasteiger partial charge in [-0.15, -0.1) is 16.8 Å². The lowest BCUT2D eigenvalue weighted by Crippen LogP contribution is -2.15. The lowest BCUT2D eigenvalue weighted by Gasteiger charge is -2.11. The van der Waals surface area contributed by atoms with Crippen LogP contribution < -0.4 is 10.1 Å². The quantitative estimate of drug-likeness (QED) is 0.171. The minimum absolute atomic E-state index is 0.00778. The largest absolute Gasteiger partial charge is 0.484 e. The van der Waals surface area contributed by atoms with E-state index in [-0.39, 0.29) is 34.7 Å². The lowest BCUT2D eigenvalue weighted by molar-refractivity contribution is -0.384. The predicted octanol–water partition coefficient (Wildman–Crippen LogP) is 5.30. The Labute approximate surface area is 203 Å². The van der Waals surface area contributed by atoms with Crippen LogP contribution in [0.3, 0.4) is 0 Å². The average molecular weight is 508 g/mol. The zero-order chi connectivity index (χ0) is 24.0. The second kappa shape index (κ2) is 11.2. The molecule has 0 aliphatic heterocycles. The Kier molecular flexibility index (Phi) is 8.32. The van der Waals surface area contributed by atoms with E-state index >= 15 is 0 Å². The second-order valence-corrected chi connectivity index (χ2v) is 8.54. The number of halogens is 2. The third kappa shape index (κ3) is 6.47. The molecule has 0 aliphatic carbocycles. The molecule has 1 N–H and O–H groups in total. The SMILES string of the molecule is C=CCn1c(COc2cc(C)ccc2Cl)nnc1SCC(=O)Nc1ccc(Cl)c([N+](=O)[O-])c1. The van der Waals surface area contributed by atoms with Gasteiger partial charge in [0.15, 0.2) is 11.0 Å². The van der Waals surface area contributed by atoms with Crippen LogP contribution in [0.4, 0.5) is 11.4 Å². The van der Waals surface area contributed by atoms with Gasteiger partial charge in [0, 0.05) is 18.3 Å². The van der Waals surface area contributed by atoms with E-state index in [4.69, 9.17) is 27.9 Å². The van der Waals surface area contributed by atoms with Crippen molar-refractivity contribution in [1.82, 2.24) is 14.8 Å². The minimum Gasteiger partial charge on any atom is -0.484 e. The number of allylic oxidation sites excluding steroid dienone is 1. The van der Waals surface area contributed by atoms with Gasteiger partial charge < -0.3 is 10.1 Å². The number of hydrogen-bond acceptors (Lipinski definition) is 7. The standard InChI is InChI=1S/C21H19Cl2N5O4S/c1-3-8-27-19(11-32-18-9-13(2)4-6-16(18)23)25-26-21(27)33-12-20(29)24-14-5-7-15(22)17(10-14)28(30)31/h3-7,9-10H,1,8,11-12H2,2H3,(H,24,29). The topological polar surface area (TPSA) is 112 Å². The fourth-order valence-corrected chi connectivity index (χ4v) is 3.89. The van der Waals surface area contributed by atoms with Crippen LogP contribution in [0.5, 0.6) is 5.75 Å². The summed E-state index contributed by atoms with van der Waals surface area (Å²) in [6.45, 7) is 6.23. The molecule has 0 saturated heterocycles. The van der Waals surface area contributed by atoms with Gasteiger partial charge in [-0.25, -0.2) is 0 Å². The monoisotopic (exact) mass is 507 g/mol. The van der Waals surface area contributed by atoms with Crippen molar-refractivity contribution in [1.29, 1.82) is 0 Å². The highest BCUT2D eigenvalue weighted by Gasteiger charge is 2.17. The van der Waals surface area contributed by atoms with E-state index in [0.717, 1.165) is 17.3 Å². The number of nitrogens with one attached hydrogen (secondary N) is 1. The molecule has 33 heavy (non-hydrogen) atoms. The Bertz CT molecular complexity index is 1200. The highest BCUT2D eigenvalue weighted by Crippen LogP contribution is 2.28. The molecule has 9 nitrogen and oxygen atoms in total. The molecule has 12 heteroatoms. The minimum atomic E-state index is -0.613. The smallest absolute Gasteiger partial charge is 0.289 e. The zero-order valence-corrected chi connectivity index (χ0v) is 19.8. The van der Waals surface area contributed by atoms with Crippen molar-refractivity contribution in [2.75, 3.05) is 11.1 Å². The third-order valence-electron chi connectivity index (χ3n) is 4.31. The first-order valence-corrected chi connectivity index (χ1v) is 11.3. The van der Waals surface area contributed by atoms with Crippen molar-refractivity contribution in [3.8, 4) is 5.75 Å². The van der Waals surface area contributed by atoms with E-state index in [1.54, 1.807) is 16.7 Å². The zero-order valence-electron chi connectivity index (χ0n) is 17.5. The van der Waals surface area contributed by atoms with Gasteiger partial charge in [0.2, 0.25) is 5.91 Å². The summed E-state index contributed by atoms with van der Waals surface area (Å²) in [5.41, 5.74) is 0.995. The fraction of sp³-hybridized carbons (Fsp3) is 0.190. The predicted molar refractivity (Wildman–Crippen MR) is 128 cm³/mol. The molecule has 0 fully saturated rings. The van der Waals surface area contributed by atoms with E-state index in [9.17, 15) is 14.9 Å². The molecule has 1 aromatic heterocycles. The van der Waals surface area contributed by atoms with Crippen LogP contribution in [0.1, 0.15) is 11.4 Å². The molecule has 2 aromatic carbocycles. The summed E-state index contributed by atoms with van der Waals surface area (Å²) in [6, 6.07) is 9.53. The van der Waals surface area contributed by atoms with Gasteiger partial charge in [-0.2, -0.15) is 0 Å². The number of nitro groups is 1. The van der Waals surface area contributed by atoms with Crippen LogP contribution in [0.2, 0.25) is 10.0 Å². The first kappa shape index (κ1) is 24.6. The van der Waals surface area contributed by atoms with Crippen LogP contribution in [0.15, 0.2) is 54.2 Å². The summed E-state index contributed by atoms with van der Waals surface area (Å²) in [6.07, 6.45) is 1.68. The number of aryl methyl sites for hydroxylation is 1. The van der Waals surface area contributed by atoms with Gasteiger partial charge in [-0.1, -0.05) is 47.1 Å². The molecule has 0 spiro atoms. The lowest BCUT2D eigenvalue weighted by atomic mass is 10.2. The first-order valence-electron chi connectivity index (χ1n) is 9.57. The summed E-state index contributed by atoms with van der Waals surface area (Å²) in [5.74, 6) is 0.726. The van der Waals surface area contributed by atoms with Crippen molar-refractivity contribution in [2.24, 2.45) is 0 Å². The number of aromatic nitrogens is 3. The van der Waals surface area contributed by atoms with E-state index in [1.165, 1.54) is 18.2 Å². The number of hydrogen-bond donors (Lipinski definition) is 1. The Hall–Kier alpha value is -3.08. The summed E-state index contributed by atoms with van der Waals surface area (Å²) >= 11 is 13.1. The summed E-state index contributed by atoms with van der Waals surface area (Å²) in [7, 11) is 0. The number of ether oxygens (including phenoxy) is 1.